The highest BCUT2D eigenvalue weighted by molar-refractivity contribution is 6.01. The van der Waals surface area contributed by atoms with E-state index in [1.165, 1.54) is 24.8 Å². The molecular weight excluding hydrogens is 358 g/mol. The Labute approximate surface area is 160 Å². The minimum Gasteiger partial charge on any atom is -0.484 e. The molecule has 2 aromatic carbocycles. The zero-order valence-corrected chi connectivity index (χ0v) is 14.6. The Hall–Kier alpha value is -4.07. The molecule has 0 atom stereocenters. The fourth-order valence-electron chi connectivity index (χ4n) is 2.65. The van der Waals surface area contributed by atoms with Crippen molar-refractivity contribution in [3.05, 3.63) is 66.6 Å². The summed E-state index contributed by atoms with van der Waals surface area (Å²) >= 11 is 0. The number of ether oxygens (including phenoxy) is 1. The van der Waals surface area contributed by atoms with E-state index >= 15 is 0 Å². The molecule has 4 rings (SSSR count). The maximum Gasteiger partial charge on any atom is 0.271 e. The fraction of sp³-hybridized carbons (Fsp3) is 0.0500. The molecule has 8 nitrogen and oxygen atoms in total. The molecule has 3 aromatic rings. The molecule has 2 N–H and O–H groups in total. The number of fused-ring (bicyclic) bond motifs is 2. The summed E-state index contributed by atoms with van der Waals surface area (Å²) in [6.07, 6.45) is 5.33. The van der Waals surface area contributed by atoms with Gasteiger partial charge in [0.05, 0.1) is 5.52 Å². The van der Waals surface area contributed by atoms with Gasteiger partial charge in [0.1, 0.15) is 17.9 Å². The number of benzene rings is 2. The number of nitrogens with zero attached hydrogens (tertiary/aromatic N) is 3. The van der Waals surface area contributed by atoms with Crippen molar-refractivity contribution in [2.75, 3.05) is 11.9 Å². The molecule has 1 aliphatic rings. The number of carbonyl (C=O) groups excluding carboxylic acids is 2. The SMILES string of the molecule is O=C1/C=C/NC(=O)COc2ccc3ncnc(c3c2)Nc2ccccc2C=N1. The van der Waals surface area contributed by atoms with Gasteiger partial charge in [-0.3, -0.25) is 9.59 Å². The first kappa shape index (κ1) is 17.3. The Morgan fingerprint density at radius 1 is 1.04 bits per heavy atom. The van der Waals surface area contributed by atoms with Gasteiger partial charge in [0, 0.05) is 35.1 Å². The standard InChI is InChI=1S/C20H15N5O3/c26-18-7-8-21-19(27)11-28-14-5-6-17-15(9-14)20(24-12-23-17)25-16-4-2-1-3-13(16)10-22-18/h1-10,12H,11H2,(H,21,27)(H,23,24,25)/b8-7+,22-10?. The summed E-state index contributed by atoms with van der Waals surface area (Å²) < 4.78 is 5.53. The van der Waals surface area contributed by atoms with E-state index in [0.29, 0.717) is 17.1 Å². The molecule has 0 saturated heterocycles. The van der Waals surface area contributed by atoms with Crippen LogP contribution in [0.1, 0.15) is 5.56 Å². The Morgan fingerprint density at radius 2 is 1.93 bits per heavy atom. The largest absolute Gasteiger partial charge is 0.484 e. The molecule has 1 aliphatic heterocycles. The molecule has 1 aromatic heterocycles. The molecule has 28 heavy (non-hydrogen) atoms. The van der Waals surface area contributed by atoms with Gasteiger partial charge in [-0.15, -0.1) is 0 Å². The van der Waals surface area contributed by atoms with Crippen molar-refractivity contribution in [3.8, 4) is 5.75 Å². The number of aliphatic imine (C=N–C) groups is 1. The smallest absolute Gasteiger partial charge is 0.271 e. The van der Waals surface area contributed by atoms with Gasteiger partial charge in [-0.05, 0) is 24.3 Å². The molecule has 2 amide bonds. The second-order valence-corrected chi connectivity index (χ2v) is 5.90. The Balaban J connectivity index is 1.81. The third-order valence-electron chi connectivity index (χ3n) is 3.99. The summed E-state index contributed by atoms with van der Waals surface area (Å²) in [6, 6.07) is 12.7. The average molecular weight is 373 g/mol. The third kappa shape index (κ3) is 3.85. The molecule has 0 unspecified atom stereocenters. The Kier molecular flexibility index (Phi) is 4.75. The topological polar surface area (TPSA) is 106 Å². The number of nitrogens with one attached hydrogen (secondary N) is 2. The predicted molar refractivity (Wildman–Crippen MR) is 105 cm³/mol. The highest BCUT2D eigenvalue weighted by Crippen LogP contribution is 2.27. The van der Waals surface area contributed by atoms with Gasteiger partial charge in [0.25, 0.3) is 11.8 Å². The maximum atomic E-state index is 11.9. The lowest BCUT2D eigenvalue weighted by atomic mass is 10.1. The summed E-state index contributed by atoms with van der Waals surface area (Å²) in [5.41, 5.74) is 2.16. The van der Waals surface area contributed by atoms with Crippen molar-refractivity contribution in [2.24, 2.45) is 4.99 Å². The van der Waals surface area contributed by atoms with E-state index in [9.17, 15) is 9.59 Å². The lowest BCUT2D eigenvalue weighted by Gasteiger charge is -2.12. The van der Waals surface area contributed by atoms with Crippen LogP contribution in [0.25, 0.3) is 10.9 Å². The number of carbonyl (C=O) groups is 2. The van der Waals surface area contributed by atoms with Crippen molar-refractivity contribution >= 4 is 40.4 Å². The van der Waals surface area contributed by atoms with Gasteiger partial charge in [-0.25, -0.2) is 15.0 Å². The van der Waals surface area contributed by atoms with Crippen molar-refractivity contribution in [1.29, 1.82) is 0 Å². The first-order valence-corrected chi connectivity index (χ1v) is 8.46. The normalized spacial score (nSPS) is 15.4. The number of hydrogen-bond acceptors (Lipinski definition) is 6. The molecule has 2 heterocycles. The fourth-order valence-corrected chi connectivity index (χ4v) is 2.65. The minimum absolute atomic E-state index is 0.202. The minimum atomic E-state index is -0.502. The van der Waals surface area contributed by atoms with Crippen LogP contribution in [0, 0.1) is 0 Å². The first-order chi connectivity index (χ1) is 13.7. The first-order valence-electron chi connectivity index (χ1n) is 8.46. The van der Waals surface area contributed by atoms with Gasteiger partial charge in [0.2, 0.25) is 0 Å². The third-order valence-corrected chi connectivity index (χ3v) is 3.99. The molecule has 138 valence electrons. The molecule has 8 heteroatoms. The maximum absolute atomic E-state index is 11.9. The highest BCUT2D eigenvalue weighted by atomic mass is 16.5. The summed E-state index contributed by atoms with van der Waals surface area (Å²) in [6.45, 7) is -0.202. The number of para-hydroxylation sites is 1. The van der Waals surface area contributed by atoms with E-state index in [-0.39, 0.29) is 6.61 Å². The van der Waals surface area contributed by atoms with Gasteiger partial charge >= 0.3 is 0 Å². The van der Waals surface area contributed by atoms with E-state index < -0.39 is 11.8 Å². The summed E-state index contributed by atoms with van der Waals surface area (Å²) in [5, 5.41) is 6.45. The molecule has 0 aliphatic carbocycles. The predicted octanol–water partition coefficient (Wildman–Crippen LogP) is 2.34. The highest BCUT2D eigenvalue weighted by Gasteiger charge is 2.09. The van der Waals surface area contributed by atoms with Gasteiger partial charge in [-0.1, -0.05) is 18.2 Å². The Morgan fingerprint density at radius 3 is 2.86 bits per heavy atom. The summed E-state index contributed by atoms with van der Waals surface area (Å²) in [7, 11) is 0. The summed E-state index contributed by atoms with van der Waals surface area (Å²) in [5.74, 6) is 0.174. The molecule has 0 radical (unpaired) electrons. The Bertz CT molecular complexity index is 1120. The van der Waals surface area contributed by atoms with Crippen molar-refractivity contribution in [3.63, 3.8) is 0 Å². The van der Waals surface area contributed by atoms with Crippen LogP contribution in [-0.4, -0.2) is 34.6 Å². The zero-order chi connectivity index (χ0) is 19.3. The van der Waals surface area contributed by atoms with E-state index in [0.717, 1.165) is 16.6 Å². The van der Waals surface area contributed by atoms with E-state index in [4.69, 9.17) is 4.74 Å². The number of aromatic nitrogens is 2. The number of anilines is 2. The van der Waals surface area contributed by atoms with Crippen LogP contribution in [0.2, 0.25) is 0 Å². The van der Waals surface area contributed by atoms with Crippen molar-refractivity contribution in [2.45, 2.75) is 0 Å². The second-order valence-electron chi connectivity index (χ2n) is 5.90. The van der Waals surface area contributed by atoms with Gasteiger partial charge in [0.15, 0.2) is 6.61 Å². The molecular formula is C20H15N5O3. The zero-order valence-electron chi connectivity index (χ0n) is 14.6. The van der Waals surface area contributed by atoms with Crippen LogP contribution >= 0.6 is 0 Å². The second kappa shape index (κ2) is 7.67. The summed E-state index contributed by atoms with van der Waals surface area (Å²) in [4.78, 5) is 36.2. The lowest BCUT2D eigenvalue weighted by Crippen LogP contribution is -2.24. The van der Waals surface area contributed by atoms with E-state index in [1.54, 1.807) is 18.2 Å². The molecule has 2 bridgehead atoms. The number of hydrogen-bond donors (Lipinski definition) is 2. The lowest BCUT2D eigenvalue weighted by molar-refractivity contribution is -0.122. The molecule has 0 saturated carbocycles. The van der Waals surface area contributed by atoms with Crippen LogP contribution in [0.4, 0.5) is 11.5 Å². The van der Waals surface area contributed by atoms with Gasteiger partial charge in [-0.2, -0.15) is 0 Å². The van der Waals surface area contributed by atoms with Crippen LogP contribution in [-0.2, 0) is 9.59 Å². The van der Waals surface area contributed by atoms with Gasteiger partial charge < -0.3 is 15.4 Å². The van der Waals surface area contributed by atoms with Crippen LogP contribution in [0.3, 0.4) is 0 Å². The van der Waals surface area contributed by atoms with E-state index in [2.05, 4.69) is 25.6 Å². The number of rotatable bonds is 0. The molecule has 0 fully saturated rings. The quantitative estimate of drug-likeness (QED) is 0.627. The number of amides is 2. The average Bonchev–Trinajstić information content (AvgIpc) is 2.71. The van der Waals surface area contributed by atoms with Crippen molar-refractivity contribution in [1.82, 2.24) is 15.3 Å². The van der Waals surface area contributed by atoms with Crippen LogP contribution in [0.5, 0.6) is 5.75 Å². The van der Waals surface area contributed by atoms with Crippen LogP contribution < -0.4 is 15.4 Å². The van der Waals surface area contributed by atoms with Crippen LogP contribution in [0.15, 0.2) is 66.1 Å². The van der Waals surface area contributed by atoms with E-state index in [1.807, 2.05) is 24.3 Å². The monoisotopic (exact) mass is 373 g/mol. The van der Waals surface area contributed by atoms with Crippen molar-refractivity contribution < 1.29 is 14.3 Å². The molecule has 0 spiro atoms.